The maximum absolute atomic E-state index is 13.3. The summed E-state index contributed by atoms with van der Waals surface area (Å²) in [5.41, 5.74) is 2.95. The summed E-state index contributed by atoms with van der Waals surface area (Å²) in [4.78, 5) is 32.3. The molecule has 1 N–H and O–H groups in total. The number of anilines is 1. The van der Waals surface area contributed by atoms with Gasteiger partial charge in [0.2, 0.25) is 0 Å². The first-order valence-corrected chi connectivity index (χ1v) is 11.2. The summed E-state index contributed by atoms with van der Waals surface area (Å²) in [5.74, 6) is 0.951. The predicted octanol–water partition coefficient (Wildman–Crippen LogP) is 3.79. The van der Waals surface area contributed by atoms with Gasteiger partial charge in [0, 0.05) is 35.9 Å². The van der Waals surface area contributed by atoms with E-state index in [1.807, 2.05) is 47.1 Å². The average molecular weight is 430 g/mol. The lowest BCUT2D eigenvalue weighted by Gasteiger charge is -2.18. The molecule has 1 aliphatic heterocycles. The standard InChI is InChI=1S/C25H27N5O2/c1-16(2)30-15-27-23(28-30)21-14-29(25(32)18-6-4-3-5-7-18)22-11-10-19(12-20(21)22)24(31)26-13-17-8-9-17/h3-7,10-12,15-17,21H,8-9,13-14H2,1-2H3,(H,26,31). The molecule has 7 nitrogen and oxygen atoms in total. The molecule has 1 aliphatic carbocycles. The van der Waals surface area contributed by atoms with Crippen molar-refractivity contribution in [2.75, 3.05) is 18.0 Å². The fourth-order valence-electron chi connectivity index (χ4n) is 4.11. The molecular weight excluding hydrogens is 402 g/mol. The van der Waals surface area contributed by atoms with Crippen LogP contribution in [0.5, 0.6) is 0 Å². The summed E-state index contributed by atoms with van der Waals surface area (Å²) in [6.45, 7) is 5.26. The van der Waals surface area contributed by atoms with E-state index in [-0.39, 0.29) is 23.8 Å². The van der Waals surface area contributed by atoms with Gasteiger partial charge in [-0.2, -0.15) is 5.10 Å². The molecule has 1 fully saturated rings. The third-order valence-electron chi connectivity index (χ3n) is 6.20. The van der Waals surface area contributed by atoms with Crippen LogP contribution in [0.3, 0.4) is 0 Å². The zero-order chi connectivity index (χ0) is 22.2. The van der Waals surface area contributed by atoms with Crippen molar-refractivity contribution < 1.29 is 9.59 Å². The Morgan fingerprint density at radius 3 is 2.56 bits per heavy atom. The number of aromatic nitrogens is 3. The van der Waals surface area contributed by atoms with Gasteiger partial charge in [0.1, 0.15) is 6.33 Å². The molecule has 7 heteroatoms. The van der Waals surface area contributed by atoms with Crippen LogP contribution in [0.4, 0.5) is 5.69 Å². The lowest BCUT2D eigenvalue weighted by Crippen LogP contribution is -2.30. The number of nitrogens with one attached hydrogen (secondary N) is 1. The second kappa shape index (κ2) is 8.22. The van der Waals surface area contributed by atoms with Crippen LogP contribution in [0.15, 0.2) is 54.9 Å². The highest BCUT2D eigenvalue weighted by Gasteiger charge is 2.36. The Morgan fingerprint density at radius 2 is 1.88 bits per heavy atom. The van der Waals surface area contributed by atoms with E-state index in [0.717, 1.165) is 17.8 Å². The molecule has 3 aromatic rings. The SMILES string of the molecule is CC(C)n1cnc(C2CN(C(=O)c3ccccc3)c3ccc(C(=O)NCC4CC4)cc32)n1. The largest absolute Gasteiger partial charge is 0.352 e. The Kier molecular flexibility index (Phi) is 5.25. The Bertz CT molecular complexity index is 1150. The quantitative estimate of drug-likeness (QED) is 0.647. The summed E-state index contributed by atoms with van der Waals surface area (Å²) in [6.07, 6.45) is 4.11. The van der Waals surface area contributed by atoms with Crippen LogP contribution in [0.2, 0.25) is 0 Å². The molecule has 2 amide bonds. The number of benzene rings is 2. The number of hydrogen-bond acceptors (Lipinski definition) is 4. The van der Waals surface area contributed by atoms with Crippen molar-refractivity contribution in [1.29, 1.82) is 0 Å². The second-order valence-electron chi connectivity index (χ2n) is 8.94. The lowest BCUT2D eigenvalue weighted by molar-refractivity contribution is 0.0950. The van der Waals surface area contributed by atoms with Gasteiger partial charge in [0.25, 0.3) is 11.8 Å². The van der Waals surface area contributed by atoms with Gasteiger partial charge in [-0.15, -0.1) is 0 Å². The topological polar surface area (TPSA) is 80.1 Å². The molecule has 1 saturated carbocycles. The summed E-state index contributed by atoms with van der Waals surface area (Å²) in [7, 11) is 0. The van der Waals surface area contributed by atoms with E-state index in [1.165, 1.54) is 12.8 Å². The fourth-order valence-corrected chi connectivity index (χ4v) is 4.11. The molecule has 1 unspecified atom stereocenters. The second-order valence-corrected chi connectivity index (χ2v) is 8.94. The van der Waals surface area contributed by atoms with Crippen molar-refractivity contribution in [2.45, 2.75) is 38.6 Å². The summed E-state index contributed by atoms with van der Waals surface area (Å²) in [6, 6.07) is 15.0. The number of carbonyl (C=O) groups excluding carboxylic acids is 2. The summed E-state index contributed by atoms with van der Waals surface area (Å²) in [5, 5.41) is 7.70. The van der Waals surface area contributed by atoms with E-state index >= 15 is 0 Å². The number of carbonyl (C=O) groups is 2. The Hall–Kier alpha value is -3.48. The Labute approximate surface area is 187 Å². The van der Waals surface area contributed by atoms with Crippen molar-refractivity contribution in [1.82, 2.24) is 20.1 Å². The van der Waals surface area contributed by atoms with Crippen molar-refractivity contribution >= 4 is 17.5 Å². The van der Waals surface area contributed by atoms with Gasteiger partial charge in [0.05, 0.1) is 5.92 Å². The minimum Gasteiger partial charge on any atom is -0.352 e. The first kappa shape index (κ1) is 20.4. The highest BCUT2D eigenvalue weighted by molar-refractivity contribution is 6.08. The van der Waals surface area contributed by atoms with Gasteiger partial charge < -0.3 is 10.2 Å². The zero-order valence-corrected chi connectivity index (χ0v) is 18.4. The van der Waals surface area contributed by atoms with Crippen LogP contribution in [0.25, 0.3) is 0 Å². The number of fused-ring (bicyclic) bond motifs is 1. The molecule has 1 atom stereocenters. The van der Waals surface area contributed by atoms with E-state index in [4.69, 9.17) is 0 Å². The molecule has 0 bridgehead atoms. The van der Waals surface area contributed by atoms with E-state index in [9.17, 15) is 9.59 Å². The summed E-state index contributed by atoms with van der Waals surface area (Å²) < 4.78 is 1.82. The first-order valence-electron chi connectivity index (χ1n) is 11.2. The van der Waals surface area contributed by atoms with E-state index in [1.54, 1.807) is 17.3 Å². The van der Waals surface area contributed by atoms with Crippen molar-refractivity contribution in [2.24, 2.45) is 5.92 Å². The van der Waals surface area contributed by atoms with Crippen molar-refractivity contribution in [3.8, 4) is 0 Å². The van der Waals surface area contributed by atoms with Crippen LogP contribution in [0, 0.1) is 5.92 Å². The zero-order valence-electron chi connectivity index (χ0n) is 18.4. The molecule has 5 rings (SSSR count). The maximum atomic E-state index is 13.3. The Morgan fingerprint density at radius 1 is 1.09 bits per heavy atom. The monoisotopic (exact) mass is 429 g/mol. The number of nitrogens with zero attached hydrogens (tertiary/aromatic N) is 4. The fraction of sp³-hybridized carbons (Fsp3) is 0.360. The molecular formula is C25H27N5O2. The number of hydrogen-bond donors (Lipinski definition) is 1. The molecule has 0 saturated heterocycles. The number of amides is 2. The van der Waals surface area contributed by atoms with Gasteiger partial charge >= 0.3 is 0 Å². The van der Waals surface area contributed by atoms with Crippen LogP contribution >= 0.6 is 0 Å². The first-order chi connectivity index (χ1) is 15.5. The molecule has 0 spiro atoms. The average Bonchev–Trinajstić information content (AvgIpc) is 3.37. The molecule has 164 valence electrons. The van der Waals surface area contributed by atoms with Crippen LogP contribution in [0.1, 0.15) is 70.8 Å². The van der Waals surface area contributed by atoms with E-state index in [0.29, 0.717) is 29.4 Å². The maximum Gasteiger partial charge on any atom is 0.258 e. The Balaban J connectivity index is 1.50. The van der Waals surface area contributed by atoms with Gasteiger partial charge in [-0.3, -0.25) is 14.3 Å². The summed E-state index contributed by atoms with van der Waals surface area (Å²) >= 11 is 0. The van der Waals surface area contributed by atoms with Crippen LogP contribution in [-0.2, 0) is 0 Å². The van der Waals surface area contributed by atoms with Gasteiger partial charge in [0.15, 0.2) is 5.82 Å². The minimum atomic E-state index is -0.186. The van der Waals surface area contributed by atoms with E-state index in [2.05, 4.69) is 29.2 Å². The third-order valence-corrected chi connectivity index (χ3v) is 6.20. The third kappa shape index (κ3) is 3.90. The van der Waals surface area contributed by atoms with Crippen LogP contribution in [-0.4, -0.2) is 39.7 Å². The normalized spacial score (nSPS) is 17.5. The van der Waals surface area contributed by atoms with Crippen LogP contribution < -0.4 is 10.2 Å². The van der Waals surface area contributed by atoms with Crippen molar-refractivity contribution in [3.63, 3.8) is 0 Å². The van der Waals surface area contributed by atoms with Crippen molar-refractivity contribution in [3.05, 3.63) is 77.4 Å². The highest BCUT2D eigenvalue weighted by atomic mass is 16.2. The molecule has 2 heterocycles. The molecule has 1 aromatic heterocycles. The van der Waals surface area contributed by atoms with E-state index < -0.39 is 0 Å². The highest BCUT2D eigenvalue weighted by Crippen LogP contribution is 2.40. The lowest BCUT2D eigenvalue weighted by atomic mass is 9.98. The van der Waals surface area contributed by atoms with Gasteiger partial charge in [-0.1, -0.05) is 18.2 Å². The predicted molar refractivity (Wildman–Crippen MR) is 122 cm³/mol. The molecule has 2 aromatic carbocycles. The van der Waals surface area contributed by atoms with Gasteiger partial charge in [-0.25, -0.2) is 4.98 Å². The molecule has 2 aliphatic rings. The minimum absolute atomic E-state index is 0.0661. The van der Waals surface area contributed by atoms with Gasteiger partial charge in [-0.05, 0) is 68.5 Å². The smallest absolute Gasteiger partial charge is 0.258 e. The number of rotatable bonds is 6. The molecule has 32 heavy (non-hydrogen) atoms. The molecule has 0 radical (unpaired) electrons.